The summed E-state index contributed by atoms with van der Waals surface area (Å²) in [4.78, 5) is 0. The molecular weight excluding hydrogens is 136 g/mol. The van der Waals surface area contributed by atoms with Crippen LogP contribution in [0.15, 0.2) is 23.0 Å². The summed E-state index contributed by atoms with van der Waals surface area (Å²) < 4.78 is 0. The third kappa shape index (κ3) is 9.08. The largest absolute Gasteiger partial charge is 0.402 e. The predicted octanol–water partition coefficient (Wildman–Crippen LogP) is 2.13. The molecule has 0 aliphatic carbocycles. The van der Waals surface area contributed by atoms with E-state index in [4.69, 9.17) is 11.5 Å². The quantitative estimate of drug-likeness (QED) is 0.571. The minimum Gasteiger partial charge on any atom is -0.402 e. The molecule has 11 heavy (non-hydrogen) atoms. The van der Waals surface area contributed by atoms with E-state index in [1.54, 1.807) is 0 Å². The van der Waals surface area contributed by atoms with Gasteiger partial charge in [-0.25, -0.2) is 0 Å². The van der Waals surface area contributed by atoms with Crippen LogP contribution in [-0.4, -0.2) is 0 Å². The van der Waals surface area contributed by atoms with Crippen molar-refractivity contribution < 1.29 is 0 Å². The molecule has 0 aromatic heterocycles. The second-order valence-electron chi connectivity index (χ2n) is 2.25. The maximum absolute atomic E-state index is 5.46. The molecule has 0 atom stereocenters. The van der Waals surface area contributed by atoms with Crippen LogP contribution in [0.1, 0.15) is 34.6 Å². The van der Waals surface area contributed by atoms with Crippen molar-refractivity contribution in [2.24, 2.45) is 11.5 Å². The molecule has 0 amide bonds. The number of allylic oxidation sites excluding steroid dienone is 4. The number of nitrogens with two attached hydrogens (primary N) is 2. The normalized spacial score (nSPS) is 13.0. The van der Waals surface area contributed by atoms with Crippen molar-refractivity contribution in [2.75, 3.05) is 0 Å². The van der Waals surface area contributed by atoms with Crippen LogP contribution >= 0.6 is 0 Å². The van der Waals surface area contributed by atoms with E-state index in [0.717, 1.165) is 17.0 Å². The van der Waals surface area contributed by atoms with E-state index in [9.17, 15) is 0 Å². The molecule has 0 aromatic rings. The van der Waals surface area contributed by atoms with Crippen LogP contribution < -0.4 is 11.5 Å². The first kappa shape index (κ1) is 12.7. The third-order valence-corrected chi connectivity index (χ3v) is 1.07. The van der Waals surface area contributed by atoms with Gasteiger partial charge in [0, 0.05) is 11.4 Å². The fraction of sp³-hybridized carbons (Fsp3) is 0.556. The molecule has 2 heteroatoms. The summed E-state index contributed by atoms with van der Waals surface area (Å²) in [6.45, 7) is 9.63. The second-order valence-corrected chi connectivity index (χ2v) is 2.25. The average molecular weight is 156 g/mol. The zero-order chi connectivity index (χ0) is 9.44. The van der Waals surface area contributed by atoms with E-state index in [0.29, 0.717) is 0 Å². The molecule has 0 fully saturated rings. The van der Waals surface area contributed by atoms with Crippen LogP contribution in [0.3, 0.4) is 0 Å². The topological polar surface area (TPSA) is 52.0 Å². The van der Waals surface area contributed by atoms with Crippen molar-refractivity contribution in [1.82, 2.24) is 0 Å². The molecule has 0 aliphatic heterocycles. The second kappa shape index (κ2) is 7.19. The van der Waals surface area contributed by atoms with Crippen LogP contribution in [0.5, 0.6) is 0 Å². The first-order valence-electron chi connectivity index (χ1n) is 3.90. The minimum atomic E-state index is 0.789. The number of hydrogen-bond donors (Lipinski definition) is 2. The number of rotatable bonds is 1. The van der Waals surface area contributed by atoms with E-state index in [2.05, 4.69) is 0 Å². The van der Waals surface area contributed by atoms with E-state index in [-0.39, 0.29) is 0 Å². The van der Waals surface area contributed by atoms with E-state index in [1.807, 2.05) is 40.7 Å². The maximum Gasteiger partial charge on any atom is 0.00792 e. The monoisotopic (exact) mass is 156 g/mol. The Bertz CT molecular complexity index is 147. The van der Waals surface area contributed by atoms with E-state index < -0.39 is 0 Å². The van der Waals surface area contributed by atoms with Crippen molar-refractivity contribution in [3.8, 4) is 0 Å². The Kier molecular flexibility index (Phi) is 8.32. The van der Waals surface area contributed by atoms with Crippen LogP contribution in [0, 0.1) is 0 Å². The molecule has 0 aromatic carbocycles. The zero-order valence-electron chi connectivity index (χ0n) is 8.23. The first-order valence-corrected chi connectivity index (χ1v) is 3.90. The molecule has 0 saturated carbocycles. The van der Waals surface area contributed by atoms with Gasteiger partial charge in [0.1, 0.15) is 0 Å². The van der Waals surface area contributed by atoms with Crippen molar-refractivity contribution >= 4 is 0 Å². The summed E-state index contributed by atoms with van der Waals surface area (Å²) in [6.07, 6.45) is 1.86. The van der Waals surface area contributed by atoms with Crippen LogP contribution in [0.25, 0.3) is 0 Å². The molecule has 0 spiro atoms. The molecule has 4 N–H and O–H groups in total. The zero-order valence-corrected chi connectivity index (χ0v) is 8.23. The highest BCUT2D eigenvalue weighted by molar-refractivity contribution is 5.22. The van der Waals surface area contributed by atoms with Gasteiger partial charge in [-0.15, -0.1) is 0 Å². The van der Waals surface area contributed by atoms with Crippen LogP contribution in [0.4, 0.5) is 0 Å². The van der Waals surface area contributed by atoms with Crippen molar-refractivity contribution in [2.45, 2.75) is 34.6 Å². The molecule has 2 nitrogen and oxygen atoms in total. The molecule has 0 aliphatic rings. The minimum absolute atomic E-state index is 0.789. The molecule has 0 saturated heterocycles. The van der Waals surface area contributed by atoms with Gasteiger partial charge in [-0.05, 0) is 32.4 Å². The van der Waals surface area contributed by atoms with Crippen molar-refractivity contribution in [3.05, 3.63) is 23.0 Å². The van der Waals surface area contributed by atoms with Gasteiger partial charge in [0.15, 0.2) is 0 Å². The predicted molar refractivity (Wildman–Crippen MR) is 51.9 cm³/mol. The van der Waals surface area contributed by atoms with E-state index >= 15 is 0 Å². The Hall–Kier alpha value is -0.920. The Labute approximate surface area is 70.0 Å². The lowest BCUT2D eigenvalue weighted by Crippen LogP contribution is -1.96. The molecule has 66 valence electrons. The van der Waals surface area contributed by atoms with Gasteiger partial charge in [-0.1, -0.05) is 13.8 Å². The molecule has 0 heterocycles. The van der Waals surface area contributed by atoms with Crippen LogP contribution in [0.2, 0.25) is 0 Å². The van der Waals surface area contributed by atoms with Gasteiger partial charge < -0.3 is 11.5 Å². The van der Waals surface area contributed by atoms with Crippen molar-refractivity contribution in [3.63, 3.8) is 0 Å². The summed E-state index contributed by atoms with van der Waals surface area (Å²) in [7, 11) is 0. The molecule has 0 radical (unpaired) electrons. The summed E-state index contributed by atoms with van der Waals surface area (Å²) in [5.41, 5.74) is 13.5. The van der Waals surface area contributed by atoms with Gasteiger partial charge in [0.05, 0.1) is 0 Å². The standard InChI is InChI=1S/C7H14N2.C2H6/c1-5(7(3)9)4-6(2)8;1-2/h4H,8-9H2,1-3H3;1-2H3/b6-4-,7-5-;. The summed E-state index contributed by atoms with van der Waals surface area (Å²) in [5, 5.41) is 0. The Morgan fingerprint density at radius 3 is 1.45 bits per heavy atom. The average Bonchev–Trinajstić information content (AvgIpc) is 1.90. The lowest BCUT2D eigenvalue weighted by molar-refractivity contribution is 1.21. The highest BCUT2D eigenvalue weighted by atomic mass is 14.6. The summed E-state index contributed by atoms with van der Waals surface area (Å²) in [5.74, 6) is 0. The fourth-order valence-electron chi connectivity index (χ4n) is 0.455. The smallest absolute Gasteiger partial charge is 0.00792 e. The summed E-state index contributed by atoms with van der Waals surface area (Å²) >= 11 is 0. The SMILES string of the molecule is C/C(N)=C/C(C)=C(/C)N.CC. The Balaban J connectivity index is 0. The lowest BCUT2D eigenvalue weighted by atomic mass is 10.2. The van der Waals surface area contributed by atoms with Crippen LogP contribution in [-0.2, 0) is 0 Å². The van der Waals surface area contributed by atoms with E-state index in [1.165, 1.54) is 0 Å². The third-order valence-electron chi connectivity index (χ3n) is 1.07. The fourth-order valence-corrected chi connectivity index (χ4v) is 0.455. The molecular formula is C9H20N2. The van der Waals surface area contributed by atoms with Crippen molar-refractivity contribution in [1.29, 1.82) is 0 Å². The Morgan fingerprint density at radius 1 is 1.00 bits per heavy atom. The molecule has 0 rings (SSSR count). The lowest BCUT2D eigenvalue weighted by Gasteiger charge is -1.95. The first-order chi connectivity index (χ1) is 5.04. The van der Waals surface area contributed by atoms with Gasteiger partial charge in [-0.3, -0.25) is 0 Å². The van der Waals surface area contributed by atoms with Gasteiger partial charge in [0.25, 0.3) is 0 Å². The Morgan fingerprint density at radius 2 is 1.36 bits per heavy atom. The maximum atomic E-state index is 5.46. The number of hydrogen-bond acceptors (Lipinski definition) is 2. The highest BCUT2D eigenvalue weighted by Gasteiger charge is 1.85. The summed E-state index contributed by atoms with van der Waals surface area (Å²) in [6, 6.07) is 0. The van der Waals surface area contributed by atoms with Gasteiger partial charge in [0.2, 0.25) is 0 Å². The molecule has 0 bridgehead atoms. The molecule has 0 unspecified atom stereocenters. The van der Waals surface area contributed by atoms with Gasteiger partial charge in [-0.2, -0.15) is 0 Å². The van der Waals surface area contributed by atoms with Gasteiger partial charge >= 0.3 is 0 Å². The highest BCUT2D eigenvalue weighted by Crippen LogP contribution is 1.99.